The van der Waals surface area contributed by atoms with Gasteiger partial charge in [-0.3, -0.25) is 0 Å². The van der Waals surface area contributed by atoms with Crippen molar-refractivity contribution in [2.75, 3.05) is 10.2 Å². The van der Waals surface area contributed by atoms with E-state index < -0.39 is 21.1 Å². The maximum Gasteiger partial charge on any atom is 0.189 e. The summed E-state index contributed by atoms with van der Waals surface area (Å²) in [6, 6.07) is 50.2. The smallest absolute Gasteiger partial charge is 0.189 e. The van der Waals surface area contributed by atoms with Crippen LogP contribution in [0.25, 0.3) is 33.4 Å². The molecule has 1 N–H and O–H groups in total. The molecule has 0 bridgehead atoms. The Kier molecular flexibility index (Phi) is 8.72. The lowest BCUT2D eigenvalue weighted by Gasteiger charge is -2.39. The van der Waals surface area contributed by atoms with Gasteiger partial charge in [-0.15, -0.1) is 0 Å². The number of rotatable bonds is 8. The molecule has 0 aromatic heterocycles. The number of hydrogen-bond donors (Lipinski definition) is 1. The molecule has 6 aromatic rings. The molecular formula is C49H40N2O2S. The van der Waals surface area contributed by atoms with Gasteiger partial charge in [0.15, 0.2) is 9.84 Å². The van der Waals surface area contributed by atoms with Crippen molar-refractivity contribution in [1.82, 2.24) is 0 Å². The zero-order valence-electron chi connectivity index (χ0n) is 30.0. The molecule has 2 aliphatic carbocycles. The van der Waals surface area contributed by atoms with Crippen LogP contribution < -0.4 is 10.2 Å². The number of sulfone groups is 1. The number of allylic oxidation sites excluding steroid dienone is 4. The molecule has 1 heterocycles. The van der Waals surface area contributed by atoms with E-state index in [2.05, 4.69) is 90.0 Å². The third-order valence-electron chi connectivity index (χ3n) is 10.9. The van der Waals surface area contributed by atoms with Gasteiger partial charge < -0.3 is 10.2 Å². The minimum absolute atomic E-state index is 0.0571. The van der Waals surface area contributed by atoms with Crippen LogP contribution in [0.3, 0.4) is 0 Å². The van der Waals surface area contributed by atoms with E-state index in [4.69, 9.17) is 0 Å². The van der Waals surface area contributed by atoms with Crippen LogP contribution in [0.4, 0.5) is 11.4 Å². The highest BCUT2D eigenvalue weighted by molar-refractivity contribution is 7.92. The number of benzene rings is 6. The number of nitrogens with zero attached hydrogens (tertiary/aromatic N) is 1. The molecule has 5 heteroatoms. The molecule has 4 nitrogen and oxygen atoms in total. The maximum absolute atomic E-state index is 15.8. The summed E-state index contributed by atoms with van der Waals surface area (Å²) in [6.45, 7) is 2.11. The van der Waals surface area contributed by atoms with E-state index in [1.807, 2.05) is 121 Å². The van der Waals surface area contributed by atoms with Crippen LogP contribution in [0.5, 0.6) is 0 Å². The van der Waals surface area contributed by atoms with E-state index in [-0.39, 0.29) is 16.9 Å². The van der Waals surface area contributed by atoms with E-state index in [0.717, 1.165) is 56.0 Å². The zero-order valence-corrected chi connectivity index (χ0v) is 30.8. The van der Waals surface area contributed by atoms with E-state index in [1.165, 1.54) is 5.56 Å². The molecule has 3 aliphatic rings. The van der Waals surface area contributed by atoms with Crippen LogP contribution in [0.15, 0.2) is 205 Å². The molecule has 0 fully saturated rings. The fourth-order valence-corrected chi connectivity index (χ4v) is 10.3. The average molecular weight is 721 g/mol. The second kappa shape index (κ2) is 14.0. The van der Waals surface area contributed by atoms with E-state index in [0.29, 0.717) is 0 Å². The molecule has 54 heavy (non-hydrogen) atoms. The fourth-order valence-electron chi connectivity index (χ4n) is 8.34. The number of para-hydroxylation sites is 2. The Morgan fingerprint density at radius 2 is 1.19 bits per heavy atom. The number of nitrogens with one attached hydrogen (secondary N) is 1. The Labute approximate surface area is 318 Å². The molecule has 0 amide bonds. The first-order valence-corrected chi connectivity index (χ1v) is 20.0. The van der Waals surface area contributed by atoms with Crippen LogP contribution in [-0.4, -0.2) is 25.8 Å². The largest absolute Gasteiger partial charge is 0.377 e. The molecule has 0 radical (unpaired) electrons. The van der Waals surface area contributed by atoms with E-state index >= 15 is 8.42 Å². The van der Waals surface area contributed by atoms with Crippen molar-refractivity contribution < 1.29 is 8.42 Å². The minimum atomic E-state index is -4.07. The Balaban J connectivity index is 1.23. The first kappa shape index (κ1) is 33.7. The standard InChI is InChI=1S/C49H40N2O2S/c1-34-17-8-9-22-40(34)41-23-10-13-26-44(41)50-45-27-16-30-48(51-46-28-14-11-24-42(46)43-25-12-15-29-47(43)51)49(45)54(52,53)39-32-37(35-18-4-2-5-19-35)31-38(33-39)36-20-6-3-7-21-36/h2-33,42,45-46,49-50H,1H3. The van der Waals surface area contributed by atoms with Crippen molar-refractivity contribution in [2.24, 2.45) is 0 Å². The second-order valence-corrected chi connectivity index (χ2v) is 16.2. The molecule has 4 unspecified atom stereocenters. The summed E-state index contributed by atoms with van der Waals surface area (Å²) < 4.78 is 31.7. The Bertz CT molecular complexity index is 2530. The summed E-state index contributed by atoms with van der Waals surface area (Å²) in [6.07, 6.45) is 14.6. The van der Waals surface area contributed by atoms with Crippen LogP contribution in [-0.2, 0) is 9.84 Å². The summed E-state index contributed by atoms with van der Waals surface area (Å²) >= 11 is 0. The highest BCUT2D eigenvalue weighted by Crippen LogP contribution is 2.48. The lowest BCUT2D eigenvalue weighted by atomic mass is 9.91. The van der Waals surface area contributed by atoms with Crippen molar-refractivity contribution in [3.8, 4) is 33.4 Å². The van der Waals surface area contributed by atoms with Gasteiger partial charge in [-0.1, -0.05) is 158 Å². The molecule has 0 saturated heterocycles. The van der Waals surface area contributed by atoms with Crippen LogP contribution in [0, 0.1) is 6.92 Å². The fraction of sp³-hybridized carbons (Fsp3) is 0.102. The first-order chi connectivity index (χ1) is 26.5. The van der Waals surface area contributed by atoms with Crippen LogP contribution in [0.1, 0.15) is 17.0 Å². The van der Waals surface area contributed by atoms with Gasteiger partial charge in [-0.2, -0.15) is 0 Å². The summed E-state index contributed by atoms with van der Waals surface area (Å²) in [7, 11) is -4.07. The molecule has 0 spiro atoms. The second-order valence-electron chi connectivity index (χ2n) is 14.2. The third kappa shape index (κ3) is 6.01. The lowest BCUT2D eigenvalue weighted by molar-refractivity contribution is 0.576. The SMILES string of the molecule is Cc1ccccc1-c1ccccc1NC1C=CC=C(N2c3ccccc3C3C=CC=CC32)C1S(=O)(=O)c1cc(-c2ccccc2)cc(-c2ccccc2)c1. The predicted octanol–water partition coefficient (Wildman–Crippen LogP) is 11.2. The zero-order chi connectivity index (χ0) is 36.6. The van der Waals surface area contributed by atoms with Crippen molar-refractivity contribution in [2.45, 2.75) is 35.1 Å². The van der Waals surface area contributed by atoms with Gasteiger partial charge in [-0.05, 0) is 82.3 Å². The molecule has 6 aromatic carbocycles. The Morgan fingerprint density at radius 1 is 0.574 bits per heavy atom. The van der Waals surface area contributed by atoms with Gasteiger partial charge in [0.1, 0.15) is 5.25 Å². The van der Waals surface area contributed by atoms with E-state index in [9.17, 15) is 0 Å². The normalized spacial score (nSPS) is 19.9. The quantitative estimate of drug-likeness (QED) is 0.170. The maximum atomic E-state index is 15.8. The van der Waals surface area contributed by atoms with Crippen molar-refractivity contribution in [3.05, 3.63) is 211 Å². The van der Waals surface area contributed by atoms with E-state index in [1.54, 1.807) is 0 Å². The van der Waals surface area contributed by atoms with Gasteiger partial charge in [-0.25, -0.2) is 8.42 Å². The third-order valence-corrected chi connectivity index (χ3v) is 13.0. The average Bonchev–Trinajstić information content (AvgIpc) is 3.56. The molecular weight excluding hydrogens is 681 g/mol. The monoisotopic (exact) mass is 720 g/mol. The van der Waals surface area contributed by atoms with Crippen molar-refractivity contribution in [3.63, 3.8) is 0 Å². The van der Waals surface area contributed by atoms with Crippen LogP contribution >= 0.6 is 0 Å². The van der Waals surface area contributed by atoms with Crippen molar-refractivity contribution >= 4 is 21.2 Å². The first-order valence-electron chi connectivity index (χ1n) is 18.5. The highest BCUT2D eigenvalue weighted by atomic mass is 32.2. The predicted molar refractivity (Wildman–Crippen MR) is 223 cm³/mol. The van der Waals surface area contributed by atoms with Crippen molar-refractivity contribution in [1.29, 1.82) is 0 Å². The van der Waals surface area contributed by atoms with Gasteiger partial charge in [0.05, 0.1) is 17.0 Å². The van der Waals surface area contributed by atoms with Gasteiger partial charge in [0.2, 0.25) is 0 Å². The van der Waals surface area contributed by atoms with Gasteiger partial charge in [0.25, 0.3) is 0 Å². The molecule has 264 valence electrons. The van der Waals surface area contributed by atoms with Gasteiger partial charge >= 0.3 is 0 Å². The van der Waals surface area contributed by atoms with Gasteiger partial charge in [0, 0.05) is 28.6 Å². The summed E-state index contributed by atoms with van der Waals surface area (Å²) in [5.41, 5.74) is 10.8. The summed E-state index contributed by atoms with van der Waals surface area (Å²) in [5.74, 6) is 0.112. The summed E-state index contributed by atoms with van der Waals surface area (Å²) in [4.78, 5) is 2.56. The Hall–Kier alpha value is -6.17. The number of fused-ring (bicyclic) bond motifs is 3. The number of anilines is 2. The molecule has 1 aliphatic heterocycles. The molecule has 0 saturated carbocycles. The molecule has 4 atom stereocenters. The Morgan fingerprint density at radius 3 is 1.91 bits per heavy atom. The molecule has 9 rings (SSSR count). The minimum Gasteiger partial charge on any atom is -0.377 e. The lowest BCUT2D eigenvalue weighted by Crippen LogP contribution is -2.48. The topological polar surface area (TPSA) is 49.4 Å². The highest BCUT2D eigenvalue weighted by Gasteiger charge is 2.46. The number of hydrogen-bond acceptors (Lipinski definition) is 4. The van der Waals surface area contributed by atoms with Crippen LogP contribution in [0.2, 0.25) is 0 Å². The summed E-state index contributed by atoms with van der Waals surface area (Å²) in [5, 5.41) is 2.81. The number of aryl methyl sites for hydroxylation is 1.